The second-order valence-electron chi connectivity index (χ2n) is 6.62. The lowest BCUT2D eigenvalue weighted by Crippen LogP contribution is -2.33. The van der Waals surface area contributed by atoms with Crippen LogP contribution in [0.4, 0.5) is 0 Å². The number of ketones is 1. The summed E-state index contributed by atoms with van der Waals surface area (Å²) in [5.74, 6) is -1.44. The summed E-state index contributed by atoms with van der Waals surface area (Å²) in [7, 11) is 0. The minimum atomic E-state index is -0.657. The van der Waals surface area contributed by atoms with E-state index in [1.54, 1.807) is 11.0 Å². The molecule has 5 nitrogen and oxygen atoms in total. The molecule has 2 heterocycles. The van der Waals surface area contributed by atoms with Crippen LogP contribution in [0, 0.1) is 0 Å². The van der Waals surface area contributed by atoms with Crippen LogP contribution >= 0.6 is 0 Å². The lowest BCUT2D eigenvalue weighted by molar-refractivity contribution is -0.129. The first-order valence-electron chi connectivity index (χ1n) is 9.08. The number of hydrogen-bond donors (Lipinski definition) is 1. The maximum atomic E-state index is 13.0. The predicted octanol–water partition coefficient (Wildman–Crippen LogP) is 4.10. The van der Waals surface area contributed by atoms with Gasteiger partial charge >= 0.3 is 0 Å². The van der Waals surface area contributed by atoms with Gasteiger partial charge in [0, 0.05) is 6.54 Å². The van der Waals surface area contributed by atoms with Gasteiger partial charge in [-0.25, -0.2) is 0 Å². The van der Waals surface area contributed by atoms with E-state index in [1.807, 2.05) is 60.7 Å². The van der Waals surface area contributed by atoms with E-state index in [9.17, 15) is 14.7 Å². The summed E-state index contributed by atoms with van der Waals surface area (Å²) < 4.78 is 5.22. The van der Waals surface area contributed by atoms with Gasteiger partial charge in [0.15, 0.2) is 11.5 Å². The SMILES string of the molecule is O=C(C1=C(O)C(=O)N(CCc2ccccc2)C1c1ccccc1)c1ccco1. The highest BCUT2D eigenvalue weighted by atomic mass is 16.3. The third-order valence-electron chi connectivity index (χ3n) is 4.89. The Bertz CT molecular complexity index is 1010. The molecule has 1 aliphatic heterocycles. The van der Waals surface area contributed by atoms with Gasteiger partial charge in [-0.2, -0.15) is 0 Å². The zero-order valence-electron chi connectivity index (χ0n) is 15.1. The molecule has 1 aromatic heterocycles. The first-order chi connectivity index (χ1) is 13.7. The molecule has 1 amide bonds. The van der Waals surface area contributed by atoms with E-state index >= 15 is 0 Å². The molecule has 1 N–H and O–H groups in total. The molecule has 0 spiro atoms. The number of aliphatic hydroxyl groups excluding tert-OH is 1. The van der Waals surface area contributed by atoms with Crippen molar-refractivity contribution in [2.75, 3.05) is 6.54 Å². The Kier molecular flexibility index (Phi) is 4.81. The number of aliphatic hydroxyl groups is 1. The topological polar surface area (TPSA) is 70.8 Å². The van der Waals surface area contributed by atoms with Gasteiger partial charge in [0.25, 0.3) is 5.91 Å². The maximum Gasteiger partial charge on any atom is 0.290 e. The van der Waals surface area contributed by atoms with Crippen LogP contribution in [-0.2, 0) is 11.2 Å². The third kappa shape index (κ3) is 3.22. The van der Waals surface area contributed by atoms with Crippen LogP contribution in [0.15, 0.2) is 94.8 Å². The number of furan rings is 1. The van der Waals surface area contributed by atoms with Gasteiger partial charge in [-0.1, -0.05) is 60.7 Å². The fourth-order valence-corrected chi connectivity index (χ4v) is 3.53. The number of carbonyl (C=O) groups is 2. The summed E-state index contributed by atoms with van der Waals surface area (Å²) in [5.41, 5.74) is 1.90. The highest BCUT2D eigenvalue weighted by Crippen LogP contribution is 2.38. The number of hydrogen-bond acceptors (Lipinski definition) is 4. The van der Waals surface area contributed by atoms with Crippen molar-refractivity contribution in [1.29, 1.82) is 0 Å². The van der Waals surface area contributed by atoms with Gasteiger partial charge in [-0.15, -0.1) is 0 Å². The van der Waals surface area contributed by atoms with E-state index in [0.29, 0.717) is 13.0 Å². The summed E-state index contributed by atoms with van der Waals surface area (Å²) in [6.45, 7) is 0.376. The predicted molar refractivity (Wildman–Crippen MR) is 104 cm³/mol. The quantitative estimate of drug-likeness (QED) is 0.661. The summed E-state index contributed by atoms with van der Waals surface area (Å²) in [4.78, 5) is 27.4. The molecule has 0 radical (unpaired) electrons. The molecule has 140 valence electrons. The average Bonchev–Trinajstić information content (AvgIpc) is 3.36. The summed E-state index contributed by atoms with van der Waals surface area (Å²) in [6, 6.07) is 21.5. The largest absolute Gasteiger partial charge is 0.503 e. The van der Waals surface area contributed by atoms with Crippen molar-refractivity contribution >= 4 is 11.7 Å². The van der Waals surface area contributed by atoms with Crippen molar-refractivity contribution in [3.05, 3.63) is 107 Å². The molecule has 0 saturated heterocycles. The van der Waals surface area contributed by atoms with Crippen LogP contribution in [0.3, 0.4) is 0 Å². The van der Waals surface area contributed by atoms with Crippen molar-refractivity contribution in [2.45, 2.75) is 12.5 Å². The first-order valence-corrected chi connectivity index (χ1v) is 9.08. The number of benzene rings is 2. The van der Waals surface area contributed by atoms with Crippen LogP contribution in [0.1, 0.15) is 27.7 Å². The molecule has 0 fully saturated rings. The normalized spacial score (nSPS) is 16.6. The molecule has 5 heteroatoms. The van der Waals surface area contributed by atoms with E-state index in [1.165, 1.54) is 12.3 Å². The van der Waals surface area contributed by atoms with Crippen molar-refractivity contribution in [3.63, 3.8) is 0 Å². The molecule has 4 rings (SSSR count). The van der Waals surface area contributed by atoms with E-state index in [-0.39, 0.29) is 11.3 Å². The molecule has 1 aliphatic rings. The standard InChI is InChI=1S/C23H19NO4/c25-21(18-12-7-15-28-18)19-20(17-10-5-2-6-11-17)24(23(27)22(19)26)14-13-16-8-3-1-4-9-16/h1-12,15,20,26H,13-14H2. The minimum absolute atomic E-state index is 0.0548. The number of nitrogens with zero attached hydrogens (tertiary/aromatic N) is 1. The van der Waals surface area contributed by atoms with Crippen molar-refractivity contribution < 1.29 is 19.1 Å². The Balaban J connectivity index is 1.70. The van der Waals surface area contributed by atoms with Gasteiger partial charge < -0.3 is 14.4 Å². The number of amides is 1. The van der Waals surface area contributed by atoms with Gasteiger partial charge in [0.2, 0.25) is 5.78 Å². The van der Waals surface area contributed by atoms with Gasteiger partial charge in [-0.05, 0) is 29.7 Å². The second-order valence-corrected chi connectivity index (χ2v) is 6.62. The lowest BCUT2D eigenvalue weighted by atomic mass is 9.95. The smallest absolute Gasteiger partial charge is 0.290 e. The molecule has 0 aliphatic carbocycles. The van der Waals surface area contributed by atoms with Crippen molar-refractivity contribution in [2.24, 2.45) is 0 Å². The Morgan fingerprint density at radius 1 is 0.964 bits per heavy atom. The van der Waals surface area contributed by atoms with Gasteiger partial charge in [-0.3, -0.25) is 9.59 Å². The Hall–Kier alpha value is -3.60. The Labute approximate surface area is 162 Å². The summed E-state index contributed by atoms with van der Waals surface area (Å²) >= 11 is 0. The minimum Gasteiger partial charge on any atom is -0.503 e. The van der Waals surface area contributed by atoms with Crippen LogP contribution in [0.2, 0.25) is 0 Å². The van der Waals surface area contributed by atoms with E-state index in [0.717, 1.165) is 11.1 Å². The molecule has 2 aromatic carbocycles. The molecular formula is C23H19NO4. The average molecular weight is 373 g/mol. The molecule has 1 atom stereocenters. The molecule has 3 aromatic rings. The molecule has 0 saturated carbocycles. The molecular weight excluding hydrogens is 354 g/mol. The molecule has 0 bridgehead atoms. The van der Waals surface area contributed by atoms with Gasteiger partial charge in [0.05, 0.1) is 17.9 Å². The summed E-state index contributed by atoms with van der Waals surface area (Å²) in [6.07, 6.45) is 2.01. The highest BCUT2D eigenvalue weighted by molar-refractivity contribution is 6.15. The monoisotopic (exact) mass is 373 g/mol. The van der Waals surface area contributed by atoms with Crippen LogP contribution in [0.5, 0.6) is 0 Å². The fourth-order valence-electron chi connectivity index (χ4n) is 3.53. The van der Waals surface area contributed by atoms with Crippen LogP contribution in [-0.4, -0.2) is 28.2 Å². The molecule has 1 unspecified atom stereocenters. The Morgan fingerprint density at radius 2 is 1.64 bits per heavy atom. The third-order valence-corrected chi connectivity index (χ3v) is 4.89. The van der Waals surface area contributed by atoms with Crippen LogP contribution < -0.4 is 0 Å². The number of Topliss-reactive ketones (excluding diaryl/α,β-unsaturated/α-hetero) is 1. The zero-order valence-corrected chi connectivity index (χ0v) is 15.1. The lowest BCUT2D eigenvalue weighted by Gasteiger charge is -2.26. The zero-order chi connectivity index (χ0) is 19.5. The molecule has 28 heavy (non-hydrogen) atoms. The van der Waals surface area contributed by atoms with E-state index < -0.39 is 23.5 Å². The van der Waals surface area contributed by atoms with E-state index in [2.05, 4.69) is 0 Å². The Morgan fingerprint density at radius 3 is 2.29 bits per heavy atom. The van der Waals surface area contributed by atoms with E-state index in [4.69, 9.17) is 4.42 Å². The highest BCUT2D eigenvalue weighted by Gasteiger charge is 2.44. The summed E-state index contributed by atoms with van der Waals surface area (Å²) in [5, 5.41) is 10.6. The second kappa shape index (κ2) is 7.56. The van der Waals surface area contributed by atoms with Crippen LogP contribution in [0.25, 0.3) is 0 Å². The van der Waals surface area contributed by atoms with Crippen molar-refractivity contribution in [3.8, 4) is 0 Å². The maximum absolute atomic E-state index is 13.0. The van der Waals surface area contributed by atoms with Crippen molar-refractivity contribution in [1.82, 2.24) is 4.90 Å². The fraction of sp³-hybridized carbons (Fsp3) is 0.130. The number of rotatable bonds is 6. The first kappa shape index (κ1) is 17.8. The van der Waals surface area contributed by atoms with Gasteiger partial charge in [0.1, 0.15) is 0 Å². The number of carbonyl (C=O) groups excluding carboxylic acids is 2.